The molecule has 0 N–H and O–H groups in total. The molecule has 0 heteroatoms. The Kier molecular flexibility index (Phi) is 3.32. The molecule has 0 aliphatic heterocycles. The van der Waals surface area contributed by atoms with E-state index in [1.165, 1.54) is 38.5 Å². The molecule has 0 heterocycles. The lowest BCUT2D eigenvalue weighted by Crippen LogP contribution is -2.52. The van der Waals surface area contributed by atoms with Crippen molar-refractivity contribution in [3.63, 3.8) is 0 Å². The second-order valence-electron chi connectivity index (χ2n) is 9.21. The molecule has 4 fully saturated rings. The van der Waals surface area contributed by atoms with Crippen LogP contribution in [0.4, 0.5) is 0 Å². The summed E-state index contributed by atoms with van der Waals surface area (Å²) in [7, 11) is 0. The lowest BCUT2D eigenvalue weighted by Gasteiger charge is -2.60. The Hall–Kier alpha value is -0.260. The summed E-state index contributed by atoms with van der Waals surface area (Å²) in [6, 6.07) is 0. The van der Waals surface area contributed by atoms with Crippen molar-refractivity contribution in [2.24, 2.45) is 34.5 Å². The molecule has 4 rings (SSSR count). The molecule has 0 radical (unpaired) electrons. The van der Waals surface area contributed by atoms with Gasteiger partial charge in [0.05, 0.1) is 0 Å². The summed E-state index contributed by atoms with van der Waals surface area (Å²) >= 11 is 0. The maximum Gasteiger partial charge on any atom is -0.00853 e. The monoisotopic (exact) mass is 286 g/mol. The van der Waals surface area contributed by atoms with Gasteiger partial charge < -0.3 is 0 Å². The fourth-order valence-electron chi connectivity index (χ4n) is 7.62. The Morgan fingerprint density at radius 3 is 2.57 bits per heavy atom. The third-order valence-corrected chi connectivity index (χ3v) is 8.78. The summed E-state index contributed by atoms with van der Waals surface area (Å²) in [4.78, 5) is 0. The molecule has 0 saturated heterocycles. The molecule has 21 heavy (non-hydrogen) atoms. The van der Waals surface area contributed by atoms with Crippen LogP contribution < -0.4 is 0 Å². The van der Waals surface area contributed by atoms with Crippen LogP contribution in [0.5, 0.6) is 0 Å². The summed E-state index contributed by atoms with van der Waals surface area (Å²) in [5.41, 5.74) is 3.09. The van der Waals surface area contributed by atoms with Crippen molar-refractivity contribution in [2.45, 2.75) is 85.0 Å². The Morgan fingerprint density at radius 1 is 0.905 bits per heavy atom. The van der Waals surface area contributed by atoms with Crippen molar-refractivity contribution in [1.82, 2.24) is 0 Å². The molecule has 4 aliphatic rings. The molecule has 0 nitrogen and oxygen atoms in total. The molecule has 4 saturated carbocycles. The summed E-state index contributed by atoms with van der Waals surface area (Å²) in [5.74, 6) is 4.20. The van der Waals surface area contributed by atoms with Crippen LogP contribution in [0.1, 0.15) is 85.0 Å². The van der Waals surface area contributed by atoms with E-state index in [0.29, 0.717) is 10.8 Å². The molecule has 0 spiro atoms. The van der Waals surface area contributed by atoms with E-state index < -0.39 is 0 Å². The van der Waals surface area contributed by atoms with Gasteiger partial charge in [-0.15, -0.1) is 0 Å². The van der Waals surface area contributed by atoms with E-state index in [4.69, 9.17) is 0 Å². The molecule has 118 valence electrons. The van der Waals surface area contributed by atoms with Crippen molar-refractivity contribution in [3.8, 4) is 0 Å². The molecular weight excluding hydrogens is 252 g/mol. The van der Waals surface area contributed by atoms with Crippen LogP contribution in [-0.2, 0) is 0 Å². The number of fused-ring (bicyclic) bond motifs is 5. The van der Waals surface area contributed by atoms with Crippen LogP contribution in [0.25, 0.3) is 0 Å². The largest absolute Gasteiger partial charge is 0.0879 e. The average Bonchev–Trinajstić information content (AvgIpc) is 2.83. The molecule has 0 bridgehead atoms. The van der Waals surface area contributed by atoms with Crippen LogP contribution in [0.15, 0.2) is 11.6 Å². The first-order valence-corrected chi connectivity index (χ1v) is 9.75. The number of allylic oxidation sites excluding steroid dienone is 2. The molecule has 0 aromatic rings. The van der Waals surface area contributed by atoms with E-state index in [1.54, 1.807) is 25.7 Å². The maximum absolute atomic E-state index is 2.70. The number of rotatable bonds is 0. The first-order valence-electron chi connectivity index (χ1n) is 9.75. The normalized spacial score (nSPS) is 54.9. The van der Waals surface area contributed by atoms with Crippen LogP contribution in [0, 0.1) is 34.5 Å². The molecule has 0 aromatic heterocycles. The smallest absolute Gasteiger partial charge is 0.00853 e. The van der Waals surface area contributed by atoms with Gasteiger partial charge in [-0.25, -0.2) is 0 Å². The van der Waals surface area contributed by atoms with Gasteiger partial charge in [-0.3, -0.25) is 0 Å². The first kappa shape index (κ1) is 14.3. The minimum absolute atomic E-state index is 0.577. The Labute approximate surface area is 131 Å². The molecule has 4 aliphatic carbocycles. The predicted octanol–water partition coefficient (Wildman–Crippen LogP) is 6.37. The zero-order valence-corrected chi connectivity index (χ0v) is 14.5. The van der Waals surface area contributed by atoms with E-state index in [1.807, 2.05) is 5.57 Å². The first-order chi connectivity index (χ1) is 10.1. The second kappa shape index (κ2) is 4.87. The van der Waals surface area contributed by atoms with E-state index in [-0.39, 0.29) is 0 Å². The lowest BCUT2D eigenvalue weighted by atomic mass is 9.45. The van der Waals surface area contributed by atoms with Crippen molar-refractivity contribution in [2.75, 3.05) is 0 Å². The predicted molar refractivity (Wildman–Crippen MR) is 90.1 cm³/mol. The maximum atomic E-state index is 2.70. The SMILES string of the molecule is CC=C1CCC2C3CCC4CCCCC4(C)C3CCC12C. The van der Waals surface area contributed by atoms with Gasteiger partial charge >= 0.3 is 0 Å². The van der Waals surface area contributed by atoms with Gasteiger partial charge in [0, 0.05) is 0 Å². The van der Waals surface area contributed by atoms with Gasteiger partial charge in [-0.2, -0.15) is 0 Å². The fourth-order valence-corrected chi connectivity index (χ4v) is 7.62. The van der Waals surface area contributed by atoms with Crippen molar-refractivity contribution >= 4 is 0 Å². The highest BCUT2D eigenvalue weighted by Gasteiger charge is 2.58. The zero-order chi connectivity index (χ0) is 14.7. The quantitative estimate of drug-likeness (QED) is 0.454. The Balaban J connectivity index is 1.66. The third-order valence-electron chi connectivity index (χ3n) is 8.78. The van der Waals surface area contributed by atoms with E-state index in [2.05, 4.69) is 26.8 Å². The van der Waals surface area contributed by atoms with Crippen LogP contribution in [0.3, 0.4) is 0 Å². The lowest BCUT2D eigenvalue weighted by molar-refractivity contribution is -0.0972. The average molecular weight is 287 g/mol. The van der Waals surface area contributed by atoms with Crippen molar-refractivity contribution < 1.29 is 0 Å². The molecular formula is C21H34. The van der Waals surface area contributed by atoms with Crippen molar-refractivity contribution in [3.05, 3.63) is 11.6 Å². The summed E-state index contributed by atoms with van der Waals surface area (Å²) < 4.78 is 0. The van der Waals surface area contributed by atoms with Gasteiger partial charge in [0.2, 0.25) is 0 Å². The second-order valence-corrected chi connectivity index (χ2v) is 9.21. The van der Waals surface area contributed by atoms with Gasteiger partial charge in [0.25, 0.3) is 0 Å². The standard InChI is InChI=1S/C21H34/c1-4-15-9-11-18-17-10-8-16-7-5-6-13-20(16,2)19(17)12-14-21(15,18)3/h4,16-19H,5-14H2,1-3H3. The van der Waals surface area contributed by atoms with Gasteiger partial charge in [-0.05, 0) is 92.8 Å². The highest BCUT2D eigenvalue weighted by molar-refractivity contribution is 5.23. The highest BCUT2D eigenvalue weighted by Crippen LogP contribution is 2.67. The summed E-state index contributed by atoms with van der Waals surface area (Å²) in [6.07, 6.45) is 17.6. The minimum Gasteiger partial charge on any atom is -0.0879 e. The van der Waals surface area contributed by atoms with E-state index >= 15 is 0 Å². The minimum atomic E-state index is 0.577. The summed E-state index contributed by atoms with van der Waals surface area (Å²) in [6.45, 7) is 7.60. The van der Waals surface area contributed by atoms with Crippen LogP contribution >= 0.6 is 0 Å². The summed E-state index contributed by atoms with van der Waals surface area (Å²) in [5, 5.41) is 0. The Bertz CT molecular complexity index is 447. The molecule has 6 unspecified atom stereocenters. The third kappa shape index (κ3) is 1.86. The van der Waals surface area contributed by atoms with Crippen molar-refractivity contribution in [1.29, 1.82) is 0 Å². The van der Waals surface area contributed by atoms with E-state index in [0.717, 1.165) is 23.7 Å². The zero-order valence-electron chi connectivity index (χ0n) is 14.5. The Morgan fingerprint density at radius 2 is 1.76 bits per heavy atom. The fraction of sp³-hybridized carbons (Fsp3) is 0.905. The molecule has 0 amide bonds. The molecule has 0 aromatic carbocycles. The van der Waals surface area contributed by atoms with E-state index in [9.17, 15) is 0 Å². The highest BCUT2D eigenvalue weighted by atomic mass is 14.6. The topological polar surface area (TPSA) is 0 Å². The van der Waals surface area contributed by atoms with Gasteiger partial charge in [0.1, 0.15) is 0 Å². The van der Waals surface area contributed by atoms with Gasteiger partial charge in [-0.1, -0.05) is 38.3 Å². The van der Waals surface area contributed by atoms with Gasteiger partial charge in [0.15, 0.2) is 0 Å². The van der Waals surface area contributed by atoms with Crippen LogP contribution in [-0.4, -0.2) is 0 Å². The number of hydrogen-bond acceptors (Lipinski definition) is 0. The number of hydrogen-bond donors (Lipinski definition) is 0. The molecule has 6 atom stereocenters. The van der Waals surface area contributed by atoms with Crippen LogP contribution in [0.2, 0.25) is 0 Å².